The normalized spacial score (nSPS) is 10.3. The Morgan fingerprint density at radius 2 is 1.79 bits per heavy atom. The van der Waals surface area contributed by atoms with Crippen LogP contribution in [-0.4, -0.2) is 25.3 Å². The second-order valence-electron chi connectivity index (χ2n) is 5.19. The summed E-state index contributed by atoms with van der Waals surface area (Å²) in [5, 5.41) is 2.67. The molecule has 2 aromatic rings. The summed E-state index contributed by atoms with van der Waals surface area (Å²) in [5.41, 5.74) is 1.85. The number of benzene rings is 2. The molecule has 0 aliphatic heterocycles. The van der Waals surface area contributed by atoms with Gasteiger partial charge in [-0.1, -0.05) is 50.1 Å². The van der Waals surface area contributed by atoms with Crippen molar-refractivity contribution in [1.29, 1.82) is 0 Å². The maximum atomic E-state index is 12.0. The van der Waals surface area contributed by atoms with Crippen molar-refractivity contribution in [3.8, 4) is 5.75 Å². The average molecular weight is 455 g/mol. The Labute approximate surface area is 157 Å². The first-order valence-corrected chi connectivity index (χ1v) is 8.96. The molecular weight excluding hydrogens is 438 g/mol. The molecule has 2 aromatic carbocycles. The molecule has 4 nitrogen and oxygen atoms in total. The number of hydrogen-bond acceptors (Lipinski definition) is 3. The van der Waals surface area contributed by atoms with Crippen molar-refractivity contribution in [3.63, 3.8) is 0 Å². The summed E-state index contributed by atoms with van der Waals surface area (Å²) >= 11 is 6.75. The van der Waals surface area contributed by atoms with Crippen molar-refractivity contribution in [3.05, 3.63) is 62.5 Å². The fourth-order valence-corrected chi connectivity index (χ4v) is 3.32. The molecule has 0 aromatic heterocycles. The van der Waals surface area contributed by atoms with E-state index in [1.54, 1.807) is 7.11 Å². The maximum Gasteiger partial charge on any atom is 0.287 e. The zero-order chi connectivity index (χ0) is 17.5. The van der Waals surface area contributed by atoms with E-state index in [0.29, 0.717) is 13.0 Å². The van der Waals surface area contributed by atoms with Gasteiger partial charge in [0.2, 0.25) is 5.78 Å². The molecule has 0 saturated carbocycles. The zero-order valence-electron chi connectivity index (χ0n) is 13.1. The van der Waals surface area contributed by atoms with Gasteiger partial charge in [0.25, 0.3) is 5.91 Å². The lowest BCUT2D eigenvalue weighted by molar-refractivity contribution is -0.137. The Morgan fingerprint density at radius 3 is 2.42 bits per heavy atom. The van der Waals surface area contributed by atoms with Gasteiger partial charge >= 0.3 is 0 Å². The van der Waals surface area contributed by atoms with E-state index in [4.69, 9.17) is 4.74 Å². The van der Waals surface area contributed by atoms with Crippen LogP contribution in [0.1, 0.15) is 11.1 Å². The second-order valence-corrected chi connectivity index (χ2v) is 6.96. The summed E-state index contributed by atoms with van der Waals surface area (Å²) in [6.07, 6.45) is 0.729. The van der Waals surface area contributed by atoms with Crippen molar-refractivity contribution in [2.45, 2.75) is 12.8 Å². The first-order valence-electron chi connectivity index (χ1n) is 7.37. The summed E-state index contributed by atoms with van der Waals surface area (Å²) in [5.74, 6) is -0.218. The third-order valence-electron chi connectivity index (χ3n) is 3.48. The minimum Gasteiger partial charge on any atom is -0.497 e. The van der Waals surface area contributed by atoms with Crippen LogP contribution >= 0.6 is 31.9 Å². The van der Waals surface area contributed by atoms with E-state index in [9.17, 15) is 9.59 Å². The minimum atomic E-state index is -0.557. The summed E-state index contributed by atoms with van der Waals surface area (Å²) in [6, 6.07) is 13.1. The van der Waals surface area contributed by atoms with Crippen molar-refractivity contribution in [2.24, 2.45) is 0 Å². The van der Waals surface area contributed by atoms with Gasteiger partial charge < -0.3 is 10.1 Å². The zero-order valence-corrected chi connectivity index (χ0v) is 16.3. The maximum absolute atomic E-state index is 12.0. The number of hydrogen-bond donors (Lipinski definition) is 1. The van der Waals surface area contributed by atoms with Crippen LogP contribution in [0.25, 0.3) is 0 Å². The molecule has 0 fully saturated rings. The Hall–Kier alpha value is -1.66. The van der Waals surface area contributed by atoms with E-state index in [-0.39, 0.29) is 6.42 Å². The second kappa shape index (κ2) is 8.99. The van der Waals surface area contributed by atoms with Crippen molar-refractivity contribution < 1.29 is 14.3 Å². The standard InChI is InChI=1S/C18H17Br2NO3/c1-24-15-6-2-12(3-7-15)8-9-21-18(23)17(22)10-13-4-5-14(19)11-16(13)20/h2-7,11H,8-10H2,1H3,(H,21,23). The Morgan fingerprint density at radius 1 is 1.08 bits per heavy atom. The van der Waals surface area contributed by atoms with E-state index in [2.05, 4.69) is 37.2 Å². The molecule has 126 valence electrons. The Bertz CT molecular complexity index is 730. The van der Waals surface area contributed by atoms with Crippen LogP contribution in [-0.2, 0) is 22.4 Å². The van der Waals surface area contributed by atoms with Gasteiger partial charge in [-0.3, -0.25) is 9.59 Å². The van der Waals surface area contributed by atoms with Gasteiger partial charge in [0.05, 0.1) is 7.11 Å². The van der Waals surface area contributed by atoms with E-state index in [1.165, 1.54) is 0 Å². The monoisotopic (exact) mass is 453 g/mol. The molecule has 0 saturated heterocycles. The fraction of sp³-hybridized carbons (Fsp3) is 0.222. The summed E-state index contributed by atoms with van der Waals surface area (Å²) in [7, 11) is 1.62. The number of amides is 1. The molecule has 0 unspecified atom stereocenters. The van der Waals surface area contributed by atoms with Crippen LogP contribution in [0.5, 0.6) is 5.75 Å². The molecule has 24 heavy (non-hydrogen) atoms. The topological polar surface area (TPSA) is 55.4 Å². The van der Waals surface area contributed by atoms with Crippen molar-refractivity contribution >= 4 is 43.6 Å². The molecule has 0 aliphatic carbocycles. The lowest BCUT2D eigenvalue weighted by Crippen LogP contribution is -2.33. The molecule has 1 N–H and O–H groups in total. The number of ketones is 1. The molecule has 1 amide bonds. The van der Waals surface area contributed by atoms with Gasteiger partial charge in [0.15, 0.2) is 0 Å². The summed E-state index contributed by atoms with van der Waals surface area (Å²) in [4.78, 5) is 23.9. The minimum absolute atomic E-state index is 0.0717. The number of rotatable bonds is 7. The van der Waals surface area contributed by atoms with Crippen LogP contribution in [0.15, 0.2) is 51.4 Å². The third-order valence-corrected chi connectivity index (χ3v) is 4.71. The Kier molecular flexibility index (Phi) is 6.99. The molecule has 0 bridgehead atoms. The number of carbonyl (C=O) groups excluding carboxylic acids is 2. The van der Waals surface area contributed by atoms with Gasteiger partial charge in [0.1, 0.15) is 5.75 Å². The largest absolute Gasteiger partial charge is 0.497 e. The number of ether oxygens (including phenoxy) is 1. The fourth-order valence-electron chi connectivity index (χ4n) is 2.13. The SMILES string of the molecule is COc1ccc(CCNC(=O)C(=O)Cc2ccc(Br)cc2Br)cc1. The van der Waals surface area contributed by atoms with E-state index in [0.717, 1.165) is 25.8 Å². The Balaban J connectivity index is 1.81. The lowest BCUT2D eigenvalue weighted by Gasteiger charge is -2.07. The van der Waals surface area contributed by atoms with Crippen LogP contribution < -0.4 is 10.1 Å². The highest BCUT2D eigenvalue weighted by molar-refractivity contribution is 9.11. The van der Waals surface area contributed by atoms with Crippen LogP contribution in [0.3, 0.4) is 0 Å². The number of methoxy groups -OCH3 is 1. The summed E-state index contributed by atoms with van der Waals surface area (Å²) in [6.45, 7) is 0.415. The highest BCUT2D eigenvalue weighted by Crippen LogP contribution is 2.22. The molecule has 0 aliphatic rings. The number of nitrogens with one attached hydrogen (secondary N) is 1. The van der Waals surface area contributed by atoms with Crippen LogP contribution in [0, 0.1) is 0 Å². The molecule has 0 radical (unpaired) electrons. The lowest BCUT2D eigenvalue weighted by atomic mass is 10.1. The smallest absolute Gasteiger partial charge is 0.287 e. The van der Waals surface area contributed by atoms with Gasteiger partial charge in [-0.2, -0.15) is 0 Å². The predicted octanol–water partition coefficient (Wildman–Crippen LogP) is 3.69. The van der Waals surface area contributed by atoms with Gasteiger partial charge in [-0.05, 0) is 41.8 Å². The third kappa shape index (κ3) is 5.46. The van der Waals surface area contributed by atoms with E-state index >= 15 is 0 Å². The van der Waals surface area contributed by atoms with E-state index < -0.39 is 11.7 Å². The summed E-state index contributed by atoms with van der Waals surface area (Å²) < 4.78 is 6.81. The quantitative estimate of drug-likeness (QED) is 0.649. The predicted molar refractivity (Wildman–Crippen MR) is 100 cm³/mol. The number of Topliss-reactive ketones (excluding diaryl/α,β-unsaturated/α-hetero) is 1. The highest BCUT2D eigenvalue weighted by Gasteiger charge is 2.15. The van der Waals surface area contributed by atoms with Gasteiger partial charge in [0, 0.05) is 21.9 Å². The van der Waals surface area contributed by atoms with Gasteiger partial charge in [-0.25, -0.2) is 0 Å². The molecule has 0 heterocycles. The molecule has 2 rings (SSSR count). The molecule has 6 heteroatoms. The molecular formula is C18H17Br2NO3. The van der Waals surface area contributed by atoms with Crippen molar-refractivity contribution in [1.82, 2.24) is 5.32 Å². The molecule has 0 atom stereocenters. The van der Waals surface area contributed by atoms with Crippen LogP contribution in [0.2, 0.25) is 0 Å². The van der Waals surface area contributed by atoms with Crippen molar-refractivity contribution in [2.75, 3.05) is 13.7 Å². The van der Waals surface area contributed by atoms with Gasteiger partial charge in [-0.15, -0.1) is 0 Å². The van der Waals surface area contributed by atoms with Crippen LogP contribution in [0.4, 0.5) is 0 Å². The average Bonchev–Trinajstić information content (AvgIpc) is 2.57. The highest BCUT2D eigenvalue weighted by atomic mass is 79.9. The first kappa shape index (κ1) is 18.7. The first-order chi connectivity index (χ1) is 11.5. The number of halogens is 2. The number of carbonyl (C=O) groups is 2. The molecule has 0 spiro atoms. The van der Waals surface area contributed by atoms with E-state index in [1.807, 2.05) is 42.5 Å².